The molecular weight excluding hydrogens is 262 g/mol. The summed E-state index contributed by atoms with van der Waals surface area (Å²) in [5.74, 6) is 0. The first kappa shape index (κ1) is 12.7. The summed E-state index contributed by atoms with van der Waals surface area (Å²) in [6.45, 7) is 0.636. The smallest absolute Gasteiger partial charge is 0.271 e. The summed E-state index contributed by atoms with van der Waals surface area (Å²) in [7, 11) is 0. The van der Waals surface area contributed by atoms with E-state index in [9.17, 15) is 14.9 Å². The molecule has 0 aliphatic carbocycles. The molecule has 2 aromatic rings. The molecular formula is C13H13N3O4. The average molecular weight is 275 g/mol. The van der Waals surface area contributed by atoms with Gasteiger partial charge in [-0.1, -0.05) is 0 Å². The summed E-state index contributed by atoms with van der Waals surface area (Å²) >= 11 is 0. The molecule has 7 heteroatoms. The second-order valence-electron chi connectivity index (χ2n) is 4.73. The van der Waals surface area contributed by atoms with E-state index in [-0.39, 0.29) is 17.6 Å². The zero-order chi connectivity index (χ0) is 14.1. The van der Waals surface area contributed by atoms with Crippen LogP contribution >= 0.6 is 0 Å². The van der Waals surface area contributed by atoms with Gasteiger partial charge in [0.05, 0.1) is 10.4 Å². The molecule has 2 heterocycles. The van der Waals surface area contributed by atoms with Gasteiger partial charge >= 0.3 is 0 Å². The molecule has 1 unspecified atom stereocenters. The van der Waals surface area contributed by atoms with Gasteiger partial charge in [-0.3, -0.25) is 14.9 Å². The first-order valence-corrected chi connectivity index (χ1v) is 6.44. The molecule has 1 aromatic carbocycles. The summed E-state index contributed by atoms with van der Waals surface area (Å²) in [5, 5.41) is 15.7. The van der Waals surface area contributed by atoms with Gasteiger partial charge in [-0.05, 0) is 25.3 Å². The van der Waals surface area contributed by atoms with Crippen LogP contribution in [0.15, 0.2) is 18.2 Å². The second kappa shape index (κ2) is 5.01. The van der Waals surface area contributed by atoms with Gasteiger partial charge in [-0.15, -0.1) is 0 Å². The van der Waals surface area contributed by atoms with Crippen molar-refractivity contribution in [2.24, 2.45) is 0 Å². The number of aromatic nitrogens is 2. The third-order valence-electron chi connectivity index (χ3n) is 3.47. The predicted molar refractivity (Wildman–Crippen MR) is 70.6 cm³/mol. The Morgan fingerprint density at radius 1 is 1.45 bits per heavy atom. The Morgan fingerprint density at radius 2 is 2.30 bits per heavy atom. The molecule has 1 atom stereocenters. The Morgan fingerprint density at radius 3 is 2.95 bits per heavy atom. The number of hydrogen-bond donors (Lipinski definition) is 0. The highest BCUT2D eigenvalue weighted by Crippen LogP contribution is 2.29. The number of nitrogens with zero attached hydrogens (tertiary/aromatic N) is 3. The highest BCUT2D eigenvalue weighted by atomic mass is 16.6. The topological polar surface area (TPSA) is 87.3 Å². The van der Waals surface area contributed by atoms with Crippen molar-refractivity contribution in [3.05, 3.63) is 34.0 Å². The fourth-order valence-corrected chi connectivity index (χ4v) is 2.49. The molecule has 104 valence electrons. The van der Waals surface area contributed by atoms with E-state index in [0.29, 0.717) is 23.8 Å². The van der Waals surface area contributed by atoms with Gasteiger partial charge in [0.15, 0.2) is 12.5 Å². The first-order valence-electron chi connectivity index (χ1n) is 6.44. The maximum absolute atomic E-state index is 11.1. The van der Waals surface area contributed by atoms with Crippen LogP contribution in [-0.2, 0) is 4.74 Å². The van der Waals surface area contributed by atoms with Crippen molar-refractivity contribution in [2.45, 2.75) is 25.5 Å². The van der Waals surface area contributed by atoms with Crippen LogP contribution in [0.4, 0.5) is 5.69 Å². The Kier molecular flexibility index (Phi) is 3.19. The first-order chi connectivity index (χ1) is 9.70. The van der Waals surface area contributed by atoms with E-state index in [0.717, 1.165) is 19.3 Å². The van der Waals surface area contributed by atoms with Crippen LogP contribution in [0, 0.1) is 10.1 Å². The maximum Gasteiger partial charge on any atom is 0.271 e. The van der Waals surface area contributed by atoms with Crippen LogP contribution in [0.2, 0.25) is 0 Å². The number of ether oxygens (including phenoxy) is 1. The zero-order valence-electron chi connectivity index (χ0n) is 10.7. The van der Waals surface area contributed by atoms with E-state index in [1.165, 1.54) is 12.1 Å². The van der Waals surface area contributed by atoms with Gasteiger partial charge in [0, 0.05) is 24.1 Å². The van der Waals surface area contributed by atoms with Crippen molar-refractivity contribution in [3.8, 4) is 0 Å². The van der Waals surface area contributed by atoms with Crippen LogP contribution in [0.25, 0.3) is 10.9 Å². The van der Waals surface area contributed by atoms with Gasteiger partial charge in [0.2, 0.25) is 0 Å². The van der Waals surface area contributed by atoms with E-state index in [4.69, 9.17) is 4.74 Å². The van der Waals surface area contributed by atoms with Crippen LogP contribution in [-0.4, -0.2) is 27.6 Å². The highest BCUT2D eigenvalue weighted by Gasteiger charge is 2.22. The number of non-ortho nitro benzene ring substituents is 1. The number of fused-ring (bicyclic) bond motifs is 1. The summed E-state index contributed by atoms with van der Waals surface area (Å²) in [6.07, 6.45) is 3.20. The normalized spacial score (nSPS) is 19.1. The van der Waals surface area contributed by atoms with E-state index >= 15 is 0 Å². The average Bonchev–Trinajstić information content (AvgIpc) is 2.86. The van der Waals surface area contributed by atoms with Crippen molar-refractivity contribution < 1.29 is 14.5 Å². The minimum atomic E-state index is -0.459. The van der Waals surface area contributed by atoms with E-state index in [1.54, 1.807) is 10.7 Å². The van der Waals surface area contributed by atoms with E-state index in [2.05, 4.69) is 5.10 Å². The third kappa shape index (κ3) is 2.05. The Balaban J connectivity index is 2.16. The van der Waals surface area contributed by atoms with Gasteiger partial charge in [-0.2, -0.15) is 5.10 Å². The fraction of sp³-hybridized carbons (Fsp3) is 0.385. The van der Waals surface area contributed by atoms with Crippen molar-refractivity contribution in [3.63, 3.8) is 0 Å². The van der Waals surface area contributed by atoms with E-state index in [1.807, 2.05) is 0 Å². The third-order valence-corrected chi connectivity index (χ3v) is 3.47. The lowest BCUT2D eigenvalue weighted by molar-refractivity contribution is -0.384. The molecule has 0 amide bonds. The molecule has 20 heavy (non-hydrogen) atoms. The van der Waals surface area contributed by atoms with Gasteiger partial charge < -0.3 is 4.74 Å². The highest BCUT2D eigenvalue weighted by molar-refractivity contribution is 5.96. The monoisotopic (exact) mass is 275 g/mol. The number of aldehydes is 1. The molecule has 1 aliphatic heterocycles. The molecule has 1 fully saturated rings. The minimum Gasteiger partial charge on any atom is -0.356 e. The number of carbonyl (C=O) groups excluding carboxylic acids is 1. The molecule has 0 saturated carbocycles. The summed E-state index contributed by atoms with van der Waals surface area (Å²) in [4.78, 5) is 21.5. The molecule has 1 saturated heterocycles. The number of nitro groups is 1. The number of benzene rings is 1. The van der Waals surface area contributed by atoms with E-state index < -0.39 is 4.92 Å². The predicted octanol–water partition coefficient (Wildman–Crippen LogP) is 2.46. The number of nitro benzene ring substituents is 1. The van der Waals surface area contributed by atoms with Crippen molar-refractivity contribution in [1.82, 2.24) is 9.78 Å². The summed E-state index contributed by atoms with van der Waals surface area (Å²) in [6, 6.07) is 4.37. The van der Waals surface area contributed by atoms with Crippen LogP contribution in [0.3, 0.4) is 0 Å². The lowest BCUT2D eigenvalue weighted by atomic mass is 10.1. The zero-order valence-corrected chi connectivity index (χ0v) is 10.7. The fourth-order valence-electron chi connectivity index (χ4n) is 2.49. The largest absolute Gasteiger partial charge is 0.356 e. The van der Waals surface area contributed by atoms with Gasteiger partial charge in [0.1, 0.15) is 5.69 Å². The van der Waals surface area contributed by atoms with Crippen LogP contribution < -0.4 is 0 Å². The Labute approximate surface area is 114 Å². The number of rotatable bonds is 3. The van der Waals surface area contributed by atoms with Crippen LogP contribution in [0.1, 0.15) is 36.0 Å². The van der Waals surface area contributed by atoms with Gasteiger partial charge in [-0.25, -0.2) is 4.68 Å². The molecule has 0 radical (unpaired) electrons. The molecule has 3 rings (SSSR count). The molecule has 0 bridgehead atoms. The number of carbonyl (C=O) groups is 1. The molecule has 1 aliphatic rings. The number of hydrogen-bond acceptors (Lipinski definition) is 5. The summed E-state index contributed by atoms with van der Waals surface area (Å²) < 4.78 is 7.23. The molecule has 0 N–H and O–H groups in total. The standard InChI is InChI=1S/C13H13N3O4/c17-8-11-10-5-4-9(16(18)19)7-12(10)15(14-11)13-3-1-2-6-20-13/h4-5,7-8,13H,1-3,6H2. The molecule has 0 spiro atoms. The molecule has 7 nitrogen and oxygen atoms in total. The SMILES string of the molecule is O=Cc1nn(C2CCCCO2)c2cc([N+](=O)[O-])ccc12. The van der Waals surface area contributed by atoms with Crippen LogP contribution in [0.5, 0.6) is 0 Å². The van der Waals surface area contributed by atoms with Crippen molar-refractivity contribution in [1.29, 1.82) is 0 Å². The minimum absolute atomic E-state index is 0.0214. The lowest BCUT2D eigenvalue weighted by Crippen LogP contribution is -2.19. The summed E-state index contributed by atoms with van der Waals surface area (Å²) in [5.41, 5.74) is 0.823. The van der Waals surface area contributed by atoms with Gasteiger partial charge in [0.25, 0.3) is 5.69 Å². The second-order valence-corrected chi connectivity index (χ2v) is 4.73. The quantitative estimate of drug-likeness (QED) is 0.487. The molecule has 1 aromatic heterocycles. The lowest BCUT2D eigenvalue weighted by Gasteiger charge is -2.23. The Bertz CT molecular complexity index is 674. The van der Waals surface area contributed by atoms with Crippen molar-refractivity contribution in [2.75, 3.05) is 6.61 Å². The maximum atomic E-state index is 11.1. The Hall–Kier alpha value is -2.28. The van der Waals surface area contributed by atoms with Crippen molar-refractivity contribution >= 4 is 22.9 Å².